The Kier molecular flexibility index (Phi) is 6.52. The first-order valence-corrected chi connectivity index (χ1v) is 10.2. The van der Waals surface area contributed by atoms with Gasteiger partial charge < -0.3 is 15.9 Å². The molecule has 1 fully saturated rings. The van der Waals surface area contributed by atoms with E-state index in [-0.39, 0.29) is 23.1 Å². The van der Waals surface area contributed by atoms with E-state index in [0.29, 0.717) is 4.90 Å². The van der Waals surface area contributed by atoms with Gasteiger partial charge in [0.1, 0.15) is 18.8 Å². The topological polar surface area (TPSA) is 185 Å². The van der Waals surface area contributed by atoms with Crippen LogP contribution >= 0.6 is 11.3 Å². The van der Waals surface area contributed by atoms with E-state index in [0.717, 1.165) is 11.3 Å². The van der Waals surface area contributed by atoms with Crippen molar-refractivity contribution in [3.63, 3.8) is 0 Å². The molecule has 1 saturated heterocycles. The van der Waals surface area contributed by atoms with Gasteiger partial charge in [0.2, 0.25) is 0 Å². The highest BCUT2D eigenvalue weighted by atomic mass is 32.2. The third-order valence-corrected chi connectivity index (χ3v) is 5.15. The number of oxime groups is 1. The Morgan fingerprint density at radius 1 is 1.46 bits per heavy atom. The second-order valence-electron chi connectivity index (χ2n) is 5.85. The number of β-lactam (4-membered cyclic amide) rings is 1. The molecule has 1 aliphatic rings. The number of nitrogen functional groups attached to an aromatic ring is 1. The number of rotatable bonds is 7. The predicted molar refractivity (Wildman–Crippen MR) is 99.4 cm³/mol. The van der Waals surface area contributed by atoms with E-state index in [2.05, 4.69) is 25.0 Å². The number of nitrogens with two attached hydrogens (primary N) is 1. The van der Waals surface area contributed by atoms with Crippen molar-refractivity contribution >= 4 is 50.2 Å². The van der Waals surface area contributed by atoms with Gasteiger partial charge in [-0.3, -0.25) is 14.5 Å². The lowest BCUT2D eigenvalue weighted by Crippen LogP contribution is -2.68. The first-order valence-electron chi connectivity index (χ1n) is 7.83. The molecule has 0 spiro atoms. The number of hydrogen-bond acceptors (Lipinski definition) is 10. The van der Waals surface area contributed by atoms with E-state index in [4.69, 9.17) is 5.73 Å². The summed E-state index contributed by atoms with van der Waals surface area (Å²) in [5.41, 5.74) is 5.49. The summed E-state index contributed by atoms with van der Waals surface area (Å²) in [5, 5.41) is 7.65. The average molecular weight is 433 g/mol. The molecule has 0 saturated carbocycles. The molecule has 1 atom stereocenters. The van der Waals surface area contributed by atoms with Crippen molar-refractivity contribution in [3.05, 3.63) is 11.1 Å². The van der Waals surface area contributed by atoms with Crippen molar-refractivity contribution in [2.24, 2.45) is 5.16 Å². The quantitative estimate of drug-likeness (QED) is 0.224. The van der Waals surface area contributed by atoms with Gasteiger partial charge in [0.15, 0.2) is 10.8 Å². The van der Waals surface area contributed by atoms with E-state index < -0.39 is 40.1 Å². The minimum atomic E-state index is -4.11. The van der Waals surface area contributed by atoms with Crippen molar-refractivity contribution in [3.8, 4) is 0 Å². The molecule has 5 N–H and O–H groups in total. The molecule has 1 aromatic heterocycles. The van der Waals surface area contributed by atoms with Crippen molar-refractivity contribution in [1.82, 2.24) is 24.6 Å². The van der Waals surface area contributed by atoms with Gasteiger partial charge in [-0.15, -0.1) is 11.3 Å². The van der Waals surface area contributed by atoms with Crippen LogP contribution in [0.15, 0.2) is 10.5 Å². The van der Waals surface area contributed by atoms with Crippen LogP contribution in [0.3, 0.4) is 0 Å². The molecule has 0 unspecified atom stereocenters. The molecule has 154 valence electrons. The van der Waals surface area contributed by atoms with Crippen LogP contribution in [0.4, 0.5) is 9.93 Å². The van der Waals surface area contributed by atoms with Crippen LogP contribution in [0.1, 0.15) is 19.5 Å². The van der Waals surface area contributed by atoms with Gasteiger partial charge in [0, 0.05) is 11.4 Å². The zero-order chi connectivity index (χ0) is 21.1. The number of imide groups is 1. The second-order valence-corrected chi connectivity index (χ2v) is 8.19. The molecule has 0 bridgehead atoms. The molecule has 2 heterocycles. The number of carbonyl (C=O) groups excluding carboxylic acids is 3. The molecular formula is C13H19N7O6S2. The highest BCUT2D eigenvalue weighted by Gasteiger charge is 2.43. The number of nitrogens with one attached hydrogen (secondary N) is 3. The summed E-state index contributed by atoms with van der Waals surface area (Å²) in [6, 6.07) is -2.60. The van der Waals surface area contributed by atoms with Gasteiger partial charge in [0.05, 0.1) is 6.54 Å². The fourth-order valence-electron chi connectivity index (χ4n) is 2.15. The number of hydrogen-bond donors (Lipinski definition) is 4. The summed E-state index contributed by atoms with van der Waals surface area (Å²) in [7, 11) is -2.87. The van der Waals surface area contributed by atoms with E-state index >= 15 is 0 Å². The first kappa shape index (κ1) is 21.5. The van der Waals surface area contributed by atoms with Gasteiger partial charge in [-0.05, 0) is 13.8 Å². The molecule has 13 nitrogen and oxygen atoms in total. The first-order chi connectivity index (χ1) is 13.0. The number of nitrogens with zero attached hydrogens (tertiary/aromatic N) is 3. The zero-order valence-electron chi connectivity index (χ0n) is 15.1. The highest BCUT2D eigenvalue weighted by Crippen LogP contribution is 2.14. The van der Waals surface area contributed by atoms with E-state index in [1.807, 2.05) is 0 Å². The maximum atomic E-state index is 12.3. The summed E-state index contributed by atoms with van der Waals surface area (Å²) in [4.78, 5) is 45.5. The molecule has 4 amide bonds. The lowest BCUT2D eigenvalue weighted by atomic mass is 10.1. The minimum Gasteiger partial charge on any atom is -0.398 e. The van der Waals surface area contributed by atoms with Crippen molar-refractivity contribution < 1.29 is 27.6 Å². The molecule has 28 heavy (non-hydrogen) atoms. The maximum absolute atomic E-state index is 12.3. The average Bonchev–Trinajstić information content (AvgIpc) is 2.99. The van der Waals surface area contributed by atoms with Crippen LogP contribution in [-0.2, 0) is 24.6 Å². The van der Waals surface area contributed by atoms with Gasteiger partial charge in [0.25, 0.3) is 11.8 Å². The fraction of sp³-hybridized carbons (Fsp3) is 0.462. The van der Waals surface area contributed by atoms with Crippen LogP contribution in [0, 0.1) is 0 Å². The number of carbonyl (C=O) groups is 3. The van der Waals surface area contributed by atoms with Crippen LogP contribution in [-0.4, -0.2) is 67.6 Å². The molecule has 0 aliphatic carbocycles. The molecule has 0 radical (unpaired) electrons. The summed E-state index contributed by atoms with van der Waals surface area (Å²) in [6.45, 7) is 2.92. The minimum absolute atomic E-state index is 0.161. The van der Waals surface area contributed by atoms with Crippen molar-refractivity contribution in [1.29, 1.82) is 0 Å². The standard InChI is InChI=1S/C13H19N7O6S2/c1-6(2)18-28(24,25)19-13(23)20-4-7(11(20)22)15-10(21)9(17-26-3)8-5-27-12(14)16-8/h5-7,18H,4H2,1-3H3,(H2,14,16)(H,15,21)(H,19,23)/t7-/m0/s1. The lowest BCUT2D eigenvalue weighted by molar-refractivity contribution is -0.141. The number of urea groups is 1. The smallest absolute Gasteiger partial charge is 0.338 e. The summed E-state index contributed by atoms with van der Waals surface area (Å²) in [5.74, 6) is -1.54. The van der Waals surface area contributed by atoms with Crippen molar-refractivity contribution in [2.75, 3.05) is 19.4 Å². The molecule has 2 rings (SSSR count). The normalized spacial score (nSPS) is 17.3. The Hall–Kier alpha value is -2.78. The molecule has 1 aliphatic heterocycles. The predicted octanol–water partition coefficient (Wildman–Crippen LogP) is -1.64. The number of anilines is 1. The number of aromatic nitrogens is 1. The van der Waals surface area contributed by atoms with Gasteiger partial charge in [-0.1, -0.05) is 5.16 Å². The summed E-state index contributed by atoms with van der Waals surface area (Å²) in [6.07, 6.45) is 0. The Morgan fingerprint density at radius 2 is 2.14 bits per heavy atom. The fourth-order valence-corrected chi connectivity index (χ4v) is 3.71. The van der Waals surface area contributed by atoms with Crippen LogP contribution in [0.2, 0.25) is 0 Å². The molecule has 15 heteroatoms. The molecular weight excluding hydrogens is 414 g/mol. The zero-order valence-corrected chi connectivity index (χ0v) is 16.8. The van der Waals surface area contributed by atoms with Crippen LogP contribution in [0.25, 0.3) is 0 Å². The Morgan fingerprint density at radius 3 is 2.64 bits per heavy atom. The second kappa shape index (κ2) is 8.49. The number of thiazole rings is 1. The number of likely N-dealkylation sites (tertiary alicyclic amines) is 1. The SMILES string of the molecule is CON=C(C(=O)N[C@H]1CN(C(=O)NS(=O)(=O)NC(C)C)C1=O)c1csc(N)n1. The summed E-state index contributed by atoms with van der Waals surface area (Å²) < 4.78 is 27.2. The number of amides is 4. The third-order valence-electron chi connectivity index (χ3n) is 3.25. The van der Waals surface area contributed by atoms with E-state index in [1.54, 1.807) is 18.6 Å². The lowest BCUT2D eigenvalue weighted by Gasteiger charge is -2.36. The van der Waals surface area contributed by atoms with E-state index in [1.165, 1.54) is 12.5 Å². The van der Waals surface area contributed by atoms with Crippen LogP contribution < -0.4 is 20.5 Å². The summed E-state index contributed by atoms with van der Waals surface area (Å²) >= 11 is 1.09. The highest BCUT2D eigenvalue weighted by molar-refractivity contribution is 7.88. The Balaban J connectivity index is 1.97. The van der Waals surface area contributed by atoms with Gasteiger partial charge in [-0.25, -0.2) is 14.5 Å². The largest absolute Gasteiger partial charge is 0.398 e. The Bertz CT molecular complexity index is 910. The van der Waals surface area contributed by atoms with Crippen LogP contribution in [0.5, 0.6) is 0 Å². The Labute approximate surface area is 164 Å². The molecule has 0 aromatic carbocycles. The van der Waals surface area contributed by atoms with E-state index in [9.17, 15) is 22.8 Å². The van der Waals surface area contributed by atoms with Crippen molar-refractivity contribution in [2.45, 2.75) is 25.9 Å². The monoisotopic (exact) mass is 433 g/mol. The van der Waals surface area contributed by atoms with Gasteiger partial charge in [-0.2, -0.15) is 13.1 Å². The molecule has 1 aromatic rings. The maximum Gasteiger partial charge on any atom is 0.338 e. The van der Waals surface area contributed by atoms with Gasteiger partial charge >= 0.3 is 16.2 Å². The third kappa shape index (κ3) is 5.14.